The number of hydrogen-bond donors (Lipinski definition) is 2. The average Bonchev–Trinajstić information content (AvgIpc) is 2.62. The topological polar surface area (TPSA) is 66.9 Å². The number of carbonyl (C=O) groups excluding carboxylic acids is 1. The maximum atomic E-state index is 13.6. The van der Waals surface area contributed by atoms with Crippen molar-refractivity contribution in [2.45, 2.75) is 13.8 Å². The first-order valence-corrected chi connectivity index (χ1v) is 7.87. The van der Waals surface area contributed by atoms with Crippen LogP contribution in [0.25, 0.3) is 0 Å². The van der Waals surface area contributed by atoms with Crippen molar-refractivity contribution in [3.05, 3.63) is 77.0 Å². The van der Waals surface area contributed by atoms with Gasteiger partial charge in [-0.25, -0.2) is 8.78 Å². The van der Waals surface area contributed by atoms with E-state index >= 15 is 0 Å². The van der Waals surface area contributed by atoms with Gasteiger partial charge in [0.1, 0.15) is 17.3 Å². The fraction of sp³-hybridized carbons (Fsp3) is 0.105. The first-order valence-electron chi connectivity index (χ1n) is 7.87. The van der Waals surface area contributed by atoms with Crippen LogP contribution >= 0.6 is 0 Å². The molecule has 0 unspecified atom stereocenters. The largest absolute Gasteiger partial charge is 0.334 e. The number of hydrogen-bond acceptors (Lipinski definition) is 4. The van der Waals surface area contributed by atoms with Crippen LogP contribution < -0.4 is 10.6 Å². The first kappa shape index (κ1) is 17.5. The molecule has 1 amide bonds. The molecule has 132 valence electrons. The summed E-state index contributed by atoms with van der Waals surface area (Å²) in [5, 5.41) is 12.9. The molecule has 2 N–H and O–H groups in total. The zero-order valence-corrected chi connectivity index (χ0v) is 14.2. The highest BCUT2D eigenvalue weighted by molar-refractivity contribution is 6.03. The van der Waals surface area contributed by atoms with Gasteiger partial charge in [-0.1, -0.05) is 18.2 Å². The molecular weight excluding hydrogens is 338 g/mol. The van der Waals surface area contributed by atoms with Gasteiger partial charge in [0.05, 0.1) is 0 Å². The number of halogens is 2. The molecule has 0 spiro atoms. The molecule has 3 rings (SSSR count). The summed E-state index contributed by atoms with van der Waals surface area (Å²) in [5.74, 6) is -1.79. The minimum atomic E-state index is -0.747. The van der Waals surface area contributed by atoms with E-state index in [4.69, 9.17) is 0 Å². The lowest BCUT2D eigenvalue weighted by atomic mass is 10.1. The van der Waals surface area contributed by atoms with Gasteiger partial charge in [0.25, 0.3) is 5.91 Å². The van der Waals surface area contributed by atoms with E-state index < -0.39 is 17.5 Å². The molecule has 2 aromatic carbocycles. The molecule has 0 fully saturated rings. The molecule has 3 aromatic rings. The van der Waals surface area contributed by atoms with Crippen LogP contribution in [0.4, 0.5) is 26.0 Å². The van der Waals surface area contributed by atoms with E-state index in [1.165, 1.54) is 18.2 Å². The van der Waals surface area contributed by atoms with E-state index in [2.05, 4.69) is 20.8 Å². The number of carbonyl (C=O) groups is 1. The van der Waals surface area contributed by atoms with E-state index in [1.807, 2.05) is 32.0 Å². The molecule has 0 bridgehead atoms. The Balaban J connectivity index is 1.75. The third-order valence-electron chi connectivity index (χ3n) is 3.75. The summed E-state index contributed by atoms with van der Waals surface area (Å²) in [6.45, 7) is 3.81. The van der Waals surface area contributed by atoms with Crippen molar-refractivity contribution in [1.29, 1.82) is 0 Å². The molecule has 1 aromatic heterocycles. The number of para-hydroxylation sites is 1. The minimum absolute atomic E-state index is 0.0884. The lowest BCUT2D eigenvalue weighted by Crippen LogP contribution is -2.15. The van der Waals surface area contributed by atoms with Crippen LogP contribution in [0.1, 0.15) is 21.6 Å². The van der Waals surface area contributed by atoms with Crippen molar-refractivity contribution in [2.24, 2.45) is 0 Å². The SMILES string of the molecule is Cc1ccc(C)c(NC(=O)c2ccc(Nc3c(F)cccc3F)nn2)c1. The lowest BCUT2D eigenvalue weighted by molar-refractivity contribution is 0.102. The fourth-order valence-electron chi connectivity index (χ4n) is 2.32. The number of anilines is 3. The van der Waals surface area contributed by atoms with Crippen LogP contribution in [0, 0.1) is 25.5 Å². The summed E-state index contributed by atoms with van der Waals surface area (Å²) in [6.07, 6.45) is 0. The number of amides is 1. The highest BCUT2D eigenvalue weighted by Gasteiger charge is 2.12. The normalized spacial score (nSPS) is 10.5. The third-order valence-corrected chi connectivity index (χ3v) is 3.75. The van der Waals surface area contributed by atoms with Gasteiger partial charge in [-0.3, -0.25) is 4.79 Å². The van der Waals surface area contributed by atoms with Crippen molar-refractivity contribution in [1.82, 2.24) is 10.2 Å². The summed E-state index contributed by atoms with van der Waals surface area (Å²) in [6, 6.07) is 12.1. The van der Waals surface area contributed by atoms with E-state index in [1.54, 1.807) is 0 Å². The Kier molecular flexibility index (Phi) is 4.88. The molecule has 0 atom stereocenters. The second-order valence-corrected chi connectivity index (χ2v) is 5.80. The molecule has 0 saturated carbocycles. The minimum Gasteiger partial charge on any atom is -0.334 e. The van der Waals surface area contributed by atoms with E-state index in [0.29, 0.717) is 5.69 Å². The van der Waals surface area contributed by atoms with Crippen molar-refractivity contribution < 1.29 is 13.6 Å². The number of aromatic nitrogens is 2. The fourth-order valence-corrected chi connectivity index (χ4v) is 2.32. The molecule has 0 aliphatic heterocycles. The van der Waals surface area contributed by atoms with Crippen molar-refractivity contribution in [3.63, 3.8) is 0 Å². The molecule has 0 aliphatic rings. The molecule has 5 nitrogen and oxygen atoms in total. The molecule has 1 heterocycles. The summed E-state index contributed by atoms with van der Waals surface area (Å²) in [5.41, 5.74) is 2.39. The molecular formula is C19H16F2N4O. The highest BCUT2D eigenvalue weighted by Crippen LogP contribution is 2.22. The molecule has 26 heavy (non-hydrogen) atoms. The first-order chi connectivity index (χ1) is 12.4. The summed E-state index contributed by atoms with van der Waals surface area (Å²) < 4.78 is 27.3. The van der Waals surface area contributed by atoms with Crippen LogP contribution in [0.3, 0.4) is 0 Å². The predicted octanol–water partition coefficient (Wildman–Crippen LogP) is 4.37. The van der Waals surface area contributed by atoms with Gasteiger partial charge in [-0.2, -0.15) is 0 Å². The van der Waals surface area contributed by atoms with E-state index in [9.17, 15) is 13.6 Å². The maximum Gasteiger partial charge on any atom is 0.276 e. The van der Waals surface area contributed by atoms with Gasteiger partial charge in [-0.15, -0.1) is 10.2 Å². The lowest BCUT2D eigenvalue weighted by Gasteiger charge is -2.10. The van der Waals surface area contributed by atoms with Gasteiger partial charge >= 0.3 is 0 Å². The quantitative estimate of drug-likeness (QED) is 0.730. The van der Waals surface area contributed by atoms with Crippen LogP contribution in [-0.4, -0.2) is 16.1 Å². The van der Waals surface area contributed by atoms with Gasteiger partial charge in [0, 0.05) is 5.69 Å². The van der Waals surface area contributed by atoms with Gasteiger partial charge in [-0.05, 0) is 55.3 Å². The smallest absolute Gasteiger partial charge is 0.276 e. The summed E-state index contributed by atoms with van der Waals surface area (Å²) >= 11 is 0. The second-order valence-electron chi connectivity index (χ2n) is 5.80. The Labute approximate surface area is 149 Å². The Morgan fingerprint density at radius 1 is 0.962 bits per heavy atom. The van der Waals surface area contributed by atoms with Gasteiger partial charge in [0.2, 0.25) is 0 Å². The maximum absolute atomic E-state index is 13.6. The number of nitrogens with zero attached hydrogens (tertiary/aromatic N) is 2. The second kappa shape index (κ2) is 7.26. The van der Waals surface area contributed by atoms with E-state index in [-0.39, 0.29) is 17.2 Å². The summed E-state index contributed by atoms with van der Waals surface area (Å²) in [7, 11) is 0. The summed E-state index contributed by atoms with van der Waals surface area (Å²) in [4.78, 5) is 12.3. The van der Waals surface area contributed by atoms with Crippen LogP contribution in [0.5, 0.6) is 0 Å². The monoisotopic (exact) mass is 354 g/mol. The molecule has 0 saturated heterocycles. The number of aryl methyl sites for hydroxylation is 2. The molecule has 7 heteroatoms. The third kappa shape index (κ3) is 3.83. The van der Waals surface area contributed by atoms with Gasteiger partial charge in [0.15, 0.2) is 11.5 Å². The Morgan fingerprint density at radius 3 is 2.35 bits per heavy atom. The zero-order valence-electron chi connectivity index (χ0n) is 14.2. The Morgan fingerprint density at radius 2 is 1.69 bits per heavy atom. The van der Waals surface area contributed by atoms with Crippen LogP contribution in [0.2, 0.25) is 0 Å². The standard InChI is InChI=1S/C19H16F2N4O/c1-11-6-7-12(2)16(10-11)22-19(26)15-8-9-17(25-24-15)23-18-13(20)4-3-5-14(18)21/h3-10H,1-2H3,(H,22,26)(H,23,25). The number of benzene rings is 2. The molecule has 0 radical (unpaired) electrons. The Bertz CT molecular complexity index is 938. The zero-order chi connectivity index (χ0) is 18.7. The average molecular weight is 354 g/mol. The Hall–Kier alpha value is -3.35. The van der Waals surface area contributed by atoms with E-state index in [0.717, 1.165) is 23.3 Å². The van der Waals surface area contributed by atoms with Crippen LogP contribution in [-0.2, 0) is 0 Å². The number of rotatable bonds is 4. The number of nitrogens with one attached hydrogen (secondary N) is 2. The highest BCUT2D eigenvalue weighted by atomic mass is 19.1. The van der Waals surface area contributed by atoms with Crippen molar-refractivity contribution in [3.8, 4) is 0 Å². The van der Waals surface area contributed by atoms with Crippen LogP contribution in [0.15, 0.2) is 48.5 Å². The van der Waals surface area contributed by atoms with Crippen molar-refractivity contribution in [2.75, 3.05) is 10.6 Å². The molecule has 0 aliphatic carbocycles. The van der Waals surface area contributed by atoms with Gasteiger partial charge < -0.3 is 10.6 Å². The predicted molar refractivity (Wildman–Crippen MR) is 95.5 cm³/mol. The van der Waals surface area contributed by atoms with Crippen molar-refractivity contribution >= 4 is 23.1 Å².